The molecule has 0 atom stereocenters. The van der Waals surface area contributed by atoms with Crippen molar-refractivity contribution in [1.82, 2.24) is 25.8 Å². The average Bonchev–Trinajstić information content (AvgIpc) is 0.824. The second-order valence-electron chi connectivity index (χ2n) is 29.2. The van der Waals surface area contributed by atoms with Crippen molar-refractivity contribution in [1.29, 1.82) is 0 Å². The smallest absolute Gasteiger partial charge is 0.246 e. The van der Waals surface area contributed by atoms with Gasteiger partial charge in [0.2, 0.25) is 29.5 Å². The van der Waals surface area contributed by atoms with Crippen LogP contribution in [0.5, 0.6) is 0 Å². The largest absolute Gasteiger partial charge is 0.356 e. The molecular weight excluding hydrogens is 1320 g/mol. The lowest BCUT2D eigenvalue weighted by Crippen LogP contribution is -3.12. The van der Waals surface area contributed by atoms with Gasteiger partial charge in [0.15, 0.2) is 0 Å². The third kappa shape index (κ3) is 38.3. The summed E-state index contributed by atoms with van der Waals surface area (Å²) >= 11 is 0. The first-order chi connectivity index (χ1) is 50.3. The van der Waals surface area contributed by atoms with Gasteiger partial charge in [-0.15, -0.1) is 0 Å². The van der Waals surface area contributed by atoms with E-state index >= 15 is 0 Å². The number of hydrogen-bond acceptors (Lipinski definition) is 8. The van der Waals surface area contributed by atoms with Gasteiger partial charge in [-0.05, 0) is 143 Å². The molecule has 5 amide bonds. The van der Waals surface area contributed by atoms with Crippen LogP contribution in [-0.2, 0) is 60.9 Å². The molecule has 0 radical (unpaired) electrons. The number of hydroxylamine groups is 6. The number of carbonyl (C=O) groups excluding carboxylic acids is 5. The van der Waals surface area contributed by atoms with Gasteiger partial charge in [-0.3, -0.25) is 39.6 Å². The Morgan fingerprint density at radius 1 is 0.301 bits per heavy atom. The Morgan fingerprint density at radius 2 is 0.534 bits per heavy atom. The summed E-state index contributed by atoms with van der Waals surface area (Å²) in [7, 11) is -2.80. The van der Waals surface area contributed by atoms with Crippen LogP contribution in [0.2, 0.25) is 0 Å². The highest BCUT2D eigenvalue weighted by Crippen LogP contribution is 2.68. The zero-order chi connectivity index (χ0) is 73.1. The van der Waals surface area contributed by atoms with Crippen molar-refractivity contribution in [3.8, 4) is 0 Å². The molecule has 0 bridgehead atoms. The average molecular weight is 1450 g/mol. The van der Waals surface area contributed by atoms with Crippen LogP contribution in [0.25, 0.3) is 0 Å². The van der Waals surface area contributed by atoms with E-state index in [1.807, 2.05) is 0 Å². The Hall–Kier alpha value is -6.63. The van der Waals surface area contributed by atoms with Gasteiger partial charge >= 0.3 is 0 Å². The van der Waals surface area contributed by atoms with Crippen LogP contribution in [0.1, 0.15) is 227 Å². The van der Waals surface area contributed by atoms with E-state index in [1.165, 1.54) is 205 Å². The van der Waals surface area contributed by atoms with Crippen molar-refractivity contribution in [3.63, 3.8) is 0 Å². The highest BCUT2D eigenvalue weighted by molar-refractivity contribution is 7.74. The molecule has 6 rings (SSSR count). The molecule has 0 aromatic heterocycles. The van der Waals surface area contributed by atoms with Gasteiger partial charge in [-0.25, -0.2) is 15.2 Å². The third-order valence-corrected chi connectivity index (χ3v) is 28.9. The number of quaternary nitrogens is 1. The summed E-state index contributed by atoms with van der Waals surface area (Å²) in [5.41, 5.74) is 8.87. The molecule has 0 saturated carbocycles. The van der Waals surface area contributed by atoms with Crippen LogP contribution in [0.4, 0.5) is 0 Å². The first kappa shape index (κ1) is 85.3. The molecule has 0 aliphatic rings. The molecule has 16 heteroatoms. The Bertz CT molecular complexity index is 2840. The Morgan fingerprint density at radius 3 is 0.806 bits per heavy atom. The highest BCUT2D eigenvalue weighted by atomic mass is 31.2. The summed E-state index contributed by atoms with van der Waals surface area (Å²) < 4.78 is 0. The minimum atomic E-state index is -1.40. The molecule has 103 heavy (non-hydrogen) atoms. The molecule has 6 aromatic carbocycles. The molecule has 0 fully saturated rings. The fraction of sp³-hybridized carbons (Fsp3) is 0.529. The number of amides is 5. The zero-order valence-corrected chi connectivity index (χ0v) is 64.5. The van der Waals surface area contributed by atoms with Gasteiger partial charge in [0.1, 0.15) is 0 Å². The maximum Gasteiger partial charge on any atom is 0.246 e. The first-order valence-electron chi connectivity index (χ1n) is 39.5. The summed E-state index contributed by atoms with van der Waals surface area (Å²) in [6, 6.07) is 67.5. The summed E-state index contributed by atoms with van der Waals surface area (Å²) in [4.78, 5) is 62.8. The zero-order valence-electron chi connectivity index (χ0n) is 62.8. The molecule has 562 valence electrons. The lowest BCUT2D eigenvalue weighted by molar-refractivity contribution is -0.900. The van der Waals surface area contributed by atoms with E-state index in [1.54, 1.807) is 4.90 Å². The van der Waals surface area contributed by atoms with Crippen LogP contribution in [0.3, 0.4) is 0 Å². The van der Waals surface area contributed by atoms with Crippen LogP contribution in [0, 0.1) is 0 Å². The standard InChI is InChI=1S/C87H126N6O8P2/c1-77(94)91(99)66-40-20-35-61-88-84(95)57-59-86(97)92(100)67-41-21-36-62-89-85(96)58-60-87(98)93(101)68-42-22-39-65-90(63-37-10-6-2-4-8-12-43-69-102(71-78-45-23-14-24-46-78,72-79-47-25-15-26-48-79)73-80-49-27-16-28-50-80)64-38-11-7-3-5-9-13-44-70-103(74-81-51-29-17-30-52-81,75-82-53-31-18-32-54-82)76-83-55-33-19-34-56-83/h14-19,23-34,45-56,99-101H,2-13,20-22,35-44,57-76H2,1H3/p+3. The van der Waals surface area contributed by atoms with E-state index in [0.717, 1.165) is 24.4 Å². The summed E-state index contributed by atoms with van der Waals surface area (Å²) in [6.45, 7) is 6.16. The van der Waals surface area contributed by atoms with Crippen LogP contribution < -0.4 is 15.5 Å². The summed E-state index contributed by atoms with van der Waals surface area (Å²) in [5.74, 6) is -1.97. The SMILES string of the molecule is CC(=O)N(O)CCCCCNC(=O)CCC(=O)N(O)CCCCCNC(=O)CCC(=O)N(O)CCCCC[NH+](CCCCCCCCCC[P+](Cc1ccccc1)(Cc1ccccc1)Cc1ccccc1)CCCCCCCCCC[P+](Cc1ccccc1)(Cc1ccccc1)Cc1ccccc1. The molecule has 0 heterocycles. The van der Waals surface area contributed by atoms with Crippen molar-refractivity contribution < 1.29 is 44.5 Å². The minimum Gasteiger partial charge on any atom is -0.356 e. The van der Waals surface area contributed by atoms with Gasteiger partial charge in [-0.1, -0.05) is 233 Å². The van der Waals surface area contributed by atoms with Crippen molar-refractivity contribution in [2.75, 3.05) is 64.7 Å². The number of rotatable bonds is 58. The Balaban J connectivity index is 0.875. The van der Waals surface area contributed by atoms with Crippen LogP contribution in [-0.4, -0.2) is 125 Å². The fourth-order valence-electron chi connectivity index (χ4n) is 14.5. The number of nitrogens with one attached hydrogen (secondary N) is 3. The molecule has 0 spiro atoms. The predicted molar refractivity (Wildman–Crippen MR) is 426 cm³/mol. The fourth-order valence-corrected chi connectivity index (χ4v) is 23.8. The molecule has 0 unspecified atom stereocenters. The van der Waals surface area contributed by atoms with E-state index in [4.69, 9.17) is 0 Å². The van der Waals surface area contributed by atoms with Gasteiger partial charge < -0.3 is 15.5 Å². The second kappa shape index (κ2) is 52.4. The molecule has 0 aliphatic carbocycles. The summed E-state index contributed by atoms with van der Waals surface area (Å²) in [5, 5.41) is 37.9. The van der Waals surface area contributed by atoms with Crippen molar-refractivity contribution in [2.24, 2.45) is 0 Å². The minimum absolute atomic E-state index is 0.0189. The molecule has 6 aromatic rings. The van der Waals surface area contributed by atoms with Crippen LogP contribution >= 0.6 is 14.5 Å². The lowest BCUT2D eigenvalue weighted by Gasteiger charge is -2.29. The Kier molecular flexibility index (Phi) is 43.4. The van der Waals surface area contributed by atoms with E-state index in [0.29, 0.717) is 68.2 Å². The lowest BCUT2D eigenvalue weighted by atomic mass is 10.1. The van der Waals surface area contributed by atoms with Crippen molar-refractivity contribution >= 4 is 44.1 Å². The van der Waals surface area contributed by atoms with E-state index < -0.39 is 32.2 Å². The van der Waals surface area contributed by atoms with Gasteiger partial charge in [-0.2, -0.15) is 0 Å². The summed E-state index contributed by atoms with van der Waals surface area (Å²) in [6.07, 6.45) is 36.7. The number of unbranched alkanes of at least 4 members (excludes halogenated alkanes) is 20. The van der Waals surface area contributed by atoms with Gasteiger partial charge in [0.05, 0.1) is 68.9 Å². The quantitative estimate of drug-likeness (QED) is 0.00943. The Labute approximate surface area is 621 Å². The normalized spacial score (nSPS) is 11.6. The maximum atomic E-state index is 12.9. The van der Waals surface area contributed by atoms with Crippen LogP contribution in [0.15, 0.2) is 182 Å². The monoisotopic (exact) mass is 1450 g/mol. The molecule has 14 nitrogen and oxygen atoms in total. The topological polar surface area (TPSA) is 184 Å². The first-order valence-corrected chi connectivity index (χ1v) is 44.6. The van der Waals surface area contributed by atoms with E-state index in [2.05, 4.69) is 193 Å². The molecule has 0 aliphatic heterocycles. The molecular formula is C87H129N6O8P2+3. The molecule has 0 saturated heterocycles. The van der Waals surface area contributed by atoms with Gasteiger partial charge in [0, 0.05) is 79.9 Å². The number of benzene rings is 6. The van der Waals surface area contributed by atoms with Gasteiger partial charge in [0.25, 0.3) is 0 Å². The number of nitrogens with zero attached hydrogens (tertiary/aromatic N) is 3. The number of hydrogen-bond donors (Lipinski definition) is 6. The molecule has 6 N–H and O–H groups in total. The van der Waals surface area contributed by atoms with E-state index in [-0.39, 0.29) is 57.1 Å². The second-order valence-corrected chi connectivity index (χ2v) is 37.4. The maximum absolute atomic E-state index is 12.9. The highest BCUT2D eigenvalue weighted by Gasteiger charge is 2.39. The van der Waals surface area contributed by atoms with Crippen molar-refractivity contribution in [3.05, 3.63) is 215 Å². The predicted octanol–water partition coefficient (Wildman–Crippen LogP) is 18.3. The third-order valence-electron chi connectivity index (χ3n) is 20.2. The van der Waals surface area contributed by atoms with Crippen molar-refractivity contribution in [2.45, 2.75) is 230 Å². The number of carbonyl (C=O) groups is 5. The van der Waals surface area contributed by atoms with E-state index in [9.17, 15) is 39.6 Å².